The highest BCUT2D eigenvalue weighted by atomic mass is 79.9. The number of hydrogen-bond donors (Lipinski definition) is 2. The quantitative estimate of drug-likeness (QED) is 0.260. The van der Waals surface area contributed by atoms with Gasteiger partial charge < -0.3 is 14.8 Å². The van der Waals surface area contributed by atoms with Crippen LogP contribution in [0, 0.1) is 5.82 Å². The second-order valence-electron chi connectivity index (χ2n) is 5.63. The van der Waals surface area contributed by atoms with Crippen LogP contribution in [0.15, 0.2) is 46.0 Å². The topological polar surface area (TPSA) is 89.0 Å². The Bertz CT molecular complexity index is 891. The van der Waals surface area contributed by atoms with Gasteiger partial charge in [0.1, 0.15) is 18.2 Å². The van der Waals surface area contributed by atoms with Crippen molar-refractivity contribution >= 4 is 45.6 Å². The Hall–Kier alpha value is -2.49. The Morgan fingerprint density at radius 3 is 2.76 bits per heavy atom. The highest BCUT2D eigenvalue weighted by Crippen LogP contribution is 2.28. The van der Waals surface area contributed by atoms with E-state index < -0.39 is 17.6 Å². The van der Waals surface area contributed by atoms with Crippen LogP contribution < -0.4 is 15.5 Å². The van der Waals surface area contributed by atoms with Crippen LogP contribution in [-0.2, 0) is 20.9 Å². The molecule has 29 heavy (non-hydrogen) atoms. The van der Waals surface area contributed by atoms with E-state index in [0.29, 0.717) is 22.4 Å². The molecule has 0 unspecified atom stereocenters. The summed E-state index contributed by atoms with van der Waals surface area (Å²) in [5, 5.41) is 6.39. The maximum atomic E-state index is 13.8. The lowest BCUT2D eigenvalue weighted by atomic mass is 10.2. The summed E-state index contributed by atoms with van der Waals surface area (Å²) in [6, 6.07) is 9.44. The third-order valence-corrected chi connectivity index (χ3v) is 4.54. The van der Waals surface area contributed by atoms with E-state index >= 15 is 0 Å². The predicted molar refractivity (Wildman–Crippen MR) is 111 cm³/mol. The molecule has 2 N–H and O–H groups in total. The molecule has 0 aromatic heterocycles. The molecule has 0 saturated heterocycles. The van der Waals surface area contributed by atoms with Crippen molar-refractivity contribution in [2.75, 3.05) is 20.3 Å². The Labute approximate surface area is 180 Å². The summed E-state index contributed by atoms with van der Waals surface area (Å²) in [5.41, 5.74) is 3.02. The summed E-state index contributed by atoms with van der Waals surface area (Å²) in [4.78, 5) is 23.1. The molecule has 10 heteroatoms. The lowest BCUT2D eigenvalue weighted by Crippen LogP contribution is -2.39. The molecule has 0 radical (unpaired) electrons. The van der Waals surface area contributed by atoms with Crippen LogP contribution in [-0.4, -0.2) is 38.3 Å². The lowest BCUT2D eigenvalue weighted by molar-refractivity contribution is -0.139. The van der Waals surface area contributed by atoms with Gasteiger partial charge >= 0.3 is 11.8 Å². The number of methoxy groups -OCH3 is 1. The summed E-state index contributed by atoms with van der Waals surface area (Å²) in [7, 11) is 1.49. The fourth-order valence-corrected chi connectivity index (χ4v) is 2.83. The van der Waals surface area contributed by atoms with Gasteiger partial charge in [0.2, 0.25) is 0 Å². The molecule has 0 aliphatic heterocycles. The highest BCUT2D eigenvalue weighted by Gasteiger charge is 2.12. The Morgan fingerprint density at radius 1 is 1.28 bits per heavy atom. The number of ether oxygens (including phenoxy) is 2. The summed E-state index contributed by atoms with van der Waals surface area (Å²) < 4.78 is 24.8. The number of carbonyl (C=O) groups excluding carboxylic acids is 2. The van der Waals surface area contributed by atoms with E-state index in [1.807, 2.05) is 0 Å². The number of carbonyl (C=O) groups is 2. The first kappa shape index (κ1) is 22.8. The smallest absolute Gasteiger partial charge is 0.329 e. The average molecular weight is 487 g/mol. The van der Waals surface area contributed by atoms with Gasteiger partial charge in [-0.05, 0) is 51.8 Å². The van der Waals surface area contributed by atoms with Crippen molar-refractivity contribution in [1.82, 2.24) is 10.7 Å². The first-order valence-corrected chi connectivity index (χ1v) is 9.55. The molecule has 0 bridgehead atoms. The largest absolute Gasteiger partial charge is 0.488 e. The second kappa shape index (κ2) is 11.5. The Kier molecular flexibility index (Phi) is 9.04. The fraction of sp³-hybridized carbons (Fsp3) is 0.211. The summed E-state index contributed by atoms with van der Waals surface area (Å²) in [6.45, 7) is 0.485. The number of nitrogens with one attached hydrogen (secondary N) is 2. The molecule has 0 atom stereocenters. The third kappa shape index (κ3) is 7.12. The standard InChI is InChI=1S/C19H18BrClFN3O4/c1-28-8-7-23-18(26)19(27)25-24-10-12-5-6-17(14(20)9-12)29-11-13-15(21)3-2-4-16(13)22/h2-6,9-10H,7-8,11H2,1H3,(H,23,26)(H,25,27)/b24-10-. The van der Waals surface area contributed by atoms with Crippen LogP contribution in [0.3, 0.4) is 0 Å². The van der Waals surface area contributed by atoms with Crippen LogP contribution in [0.4, 0.5) is 4.39 Å². The van der Waals surface area contributed by atoms with Crippen LogP contribution in [0.1, 0.15) is 11.1 Å². The molecule has 0 spiro atoms. The first-order chi connectivity index (χ1) is 13.9. The zero-order valence-corrected chi connectivity index (χ0v) is 17.7. The number of amides is 2. The minimum atomic E-state index is -0.891. The van der Waals surface area contributed by atoms with Crippen molar-refractivity contribution in [2.45, 2.75) is 6.61 Å². The van der Waals surface area contributed by atoms with E-state index in [4.69, 9.17) is 21.1 Å². The monoisotopic (exact) mass is 485 g/mol. The molecule has 7 nitrogen and oxygen atoms in total. The van der Waals surface area contributed by atoms with E-state index in [-0.39, 0.29) is 23.7 Å². The highest BCUT2D eigenvalue weighted by molar-refractivity contribution is 9.10. The van der Waals surface area contributed by atoms with Crippen molar-refractivity contribution in [3.05, 3.63) is 62.8 Å². The minimum absolute atomic E-state index is 0.0359. The number of benzene rings is 2. The number of hydrogen-bond acceptors (Lipinski definition) is 5. The van der Waals surface area contributed by atoms with Gasteiger partial charge in [0.25, 0.3) is 0 Å². The van der Waals surface area contributed by atoms with Gasteiger partial charge in [0.15, 0.2) is 0 Å². The minimum Gasteiger partial charge on any atom is -0.488 e. The van der Waals surface area contributed by atoms with Gasteiger partial charge in [0.05, 0.1) is 22.3 Å². The summed E-state index contributed by atoms with van der Waals surface area (Å²) in [5.74, 6) is -1.67. The van der Waals surface area contributed by atoms with Crippen LogP contribution in [0.25, 0.3) is 0 Å². The molecule has 2 amide bonds. The zero-order valence-electron chi connectivity index (χ0n) is 15.4. The number of halogens is 3. The van der Waals surface area contributed by atoms with E-state index in [0.717, 1.165) is 0 Å². The predicted octanol–water partition coefficient (Wildman–Crippen LogP) is 3.03. The molecule has 0 heterocycles. The molecule has 154 valence electrons. The first-order valence-electron chi connectivity index (χ1n) is 8.37. The van der Waals surface area contributed by atoms with Crippen LogP contribution >= 0.6 is 27.5 Å². The molecule has 2 aromatic rings. The van der Waals surface area contributed by atoms with Crippen molar-refractivity contribution in [3.8, 4) is 5.75 Å². The van der Waals surface area contributed by atoms with Crippen molar-refractivity contribution in [2.24, 2.45) is 5.10 Å². The normalized spacial score (nSPS) is 10.8. The molecule has 0 aliphatic carbocycles. The van der Waals surface area contributed by atoms with Gasteiger partial charge in [-0.2, -0.15) is 5.10 Å². The van der Waals surface area contributed by atoms with Crippen LogP contribution in [0.5, 0.6) is 5.75 Å². The number of hydrazone groups is 1. The number of nitrogens with zero attached hydrogens (tertiary/aromatic N) is 1. The summed E-state index contributed by atoms with van der Waals surface area (Å²) >= 11 is 9.34. The van der Waals surface area contributed by atoms with Gasteiger partial charge in [0, 0.05) is 19.2 Å². The lowest BCUT2D eigenvalue weighted by Gasteiger charge is -2.10. The van der Waals surface area contributed by atoms with E-state index in [1.54, 1.807) is 24.3 Å². The van der Waals surface area contributed by atoms with Gasteiger partial charge in [-0.25, -0.2) is 9.82 Å². The molecule has 0 fully saturated rings. The molecular weight excluding hydrogens is 469 g/mol. The SMILES string of the molecule is COCCNC(=O)C(=O)N/N=C\c1ccc(OCc2c(F)cccc2Cl)c(Br)c1. The van der Waals surface area contributed by atoms with Crippen LogP contribution in [0.2, 0.25) is 5.02 Å². The Balaban J connectivity index is 1.91. The van der Waals surface area contributed by atoms with Gasteiger partial charge in [-0.15, -0.1) is 0 Å². The molecular formula is C19H18BrClFN3O4. The van der Waals surface area contributed by atoms with Gasteiger partial charge in [-0.1, -0.05) is 17.7 Å². The molecule has 0 saturated carbocycles. The van der Waals surface area contributed by atoms with E-state index in [2.05, 4.69) is 31.8 Å². The Morgan fingerprint density at radius 2 is 2.07 bits per heavy atom. The molecule has 2 rings (SSSR count). The molecule has 2 aromatic carbocycles. The number of rotatable bonds is 8. The second-order valence-corrected chi connectivity index (χ2v) is 6.89. The average Bonchev–Trinajstić information content (AvgIpc) is 2.69. The maximum absolute atomic E-state index is 13.8. The zero-order chi connectivity index (χ0) is 21.2. The van der Waals surface area contributed by atoms with Crippen molar-refractivity contribution in [3.63, 3.8) is 0 Å². The van der Waals surface area contributed by atoms with Crippen molar-refractivity contribution < 1.29 is 23.5 Å². The third-order valence-electron chi connectivity index (χ3n) is 3.57. The van der Waals surface area contributed by atoms with Gasteiger partial charge in [-0.3, -0.25) is 9.59 Å². The van der Waals surface area contributed by atoms with E-state index in [1.165, 1.54) is 25.5 Å². The maximum Gasteiger partial charge on any atom is 0.329 e. The fourth-order valence-electron chi connectivity index (χ4n) is 2.10. The van der Waals surface area contributed by atoms with E-state index in [9.17, 15) is 14.0 Å². The van der Waals surface area contributed by atoms with Crippen molar-refractivity contribution in [1.29, 1.82) is 0 Å². The molecule has 0 aliphatic rings. The summed E-state index contributed by atoms with van der Waals surface area (Å²) in [6.07, 6.45) is 1.36.